The summed E-state index contributed by atoms with van der Waals surface area (Å²) in [6.45, 7) is 1.85. The Morgan fingerprint density at radius 2 is 1.89 bits per heavy atom. The molecule has 0 aliphatic heterocycles. The molecule has 0 atom stereocenters. The molecule has 6 heteroatoms. The first kappa shape index (κ1) is 18.7. The maximum absolute atomic E-state index is 12.4. The minimum atomic E-state index is -1.28. The summed E-state index contributed by atoms with van der Waals surface area (Å²) in [6.07, 6.45) is 1.33. The molecule has 0 spiro atoms. The molecule has 0 saturated carbocycles. The minimum Gasteiger partial charge on any atom is -0.545 e. The number of carbonyl (C=O) groups is 2. The Bertz CT molecular complexity index is 1120. The Hall–Kier alpha value is -4.11. The van der Waals surface area contributed by atoms with Gasteiger partial charge in [0, 0.05) is 17.3 Å². The molecule has 1 heterocycles. The fourth-order valence-electron chi connectivity index (χ4n) is 2.58. The minimum absolute atomic E-state index is 0.0290. The van der Waals surface area contributed by atoms with Crippen LogP contribution in [0.4, 0.5) is 5.69 Å². The van der Waals surface area contributed by atoms with Gasteiger partial charge in [0.25, 0.3) is 5.91 Å². The zero-order chi connectivity index (χ0) is 20.1. The van der Waals surface area contributed by atoms with Crippen LogP contribution in [0.5, 0.6) is 0 Å². The highest BCUT2D eigenvalue weighted by Crippen LogP contribution is 2.24. The Kier molecular flexibility index (Phi) is 5.38. The molecule has 0 unspecified atom stereocenters. The molecule has 0 bridgehead atoms. The second kappa shape index (κ2) is 8.06. The molecule has 6 nitrogen and oxygen atoms in total. The number of rotatable bonds is 5. The third kappa shape index (κ3) is 4.17. The molecule has 1 amide bonds. The molecule has 3 aromatic rings. The van der Waals surface area contributed by atoms with Crippen molar-refractivity contribution in [2.24, 2.45) is 0 Å². The average molecular weight is 371 g/mol. The average Bonchev–Trinajstić information content (AvgIpc) is 3.16. The van der Waals surface area contributed by atoms with Gasteiger partial charge in [-0.3, -0.25) is 4.79 Å². The van der Waals surface area contributed by atoms with E-state index in [4.69, 9.17) is 4.42 Å². The van der Waals surface area contributed by atoms with Gasteiger partial charge in [0.2, 0.25) is 0 Å². The number of carbonyl (C=O) groups excluding carboxylic acids is 2. The van der Waals surface area contributed by atoms with E-state index in [1.165, 1.54) is 18.2 Å². The maximum atomic E-state index is 12.4. The molecule has 2 aromatic carbocycles. The monoisotopic (exact) mass is 371 g/mol. The topological polar surface area (TPSA) is 106 Å². The maximum Gasteiger partial charge on any atom is 0.266 e. The summed E-state index contributed by atoms with van der Waals surface area (Å²) in [5.41, 5.74) is 1.95. The van der Waals surface area contributed by atoms with Crippen LogP contribution in [-0.2, 0) is 4.79 Å². The lowest BCUT2D eigenvalue weighted by Crippen LogP contribution is -2.22. The van der Waals surface area contributed by atoms with Gasteiger partial charge in [-0.05, 0) is 42.3 Å². The Balaban J connectivity index is 1.83. The van der Waals surface area contributed by atoms with Crippen LogP contribution in [0.2, 0.25) is 0 Å². The molecule has 0 saturated heterocycles. The number of hydrogen-bond acceptors (Lipinski definition) is 5. The van der Waals surface area contributed by atoms with Gasteiger partial charge >= 0.3 is 0 Å². The van der Waals surface area contributed by atoms with Crippen molar-refractivity contribution in [3.63, 3.8) is 0 Å². The number of nitriles is 1. The molecular formula is C22H15N2O4-. The molecule has 0 aliphatic rings. The molecule has 1 N–H and O–H groups in total. The van der Waals surface area contributed by atoms with Crippen LogP contribution in [0.15, 0.2) is 70.7 Å². The van der Waals surface area contributed by atoms with Crippen molar-refractivity contribution < 1.29 is 19.1 Å². The van der Waals surface area contributed by atoms with Crippen LogP contribution in [-0.4, -0.2) is 11.9 Å². The number of nitrogens with one attached hydrogen (secondary N) is 1. The number of aromatic carboxylic acids is 1. The Morgan fingerprint density at radius 3 is 2.61 bits per heavy atom. The molecular weight excluding hydrogens is 356 g/mol. The number of aryl methyl sites for hydroxylation is 1. The summed E-state index contributed by atoms with van der Waals surface area (Å²) in [5.74, 6) is -1.13. The van der Waals surface area contributed by atoms with Gasteiger partial charge in [-0.2, -0.15) is 5.26 Å². The lowest BCUT2D eigenvalue weighted by molar-refractivity contribution is -0.255. The third-order valence-electron chi connectivity index (χ3n) is 4.05. The molecule has 28 heavy (non-hydrogen) atoms. The highest BCUT2D eigenvalue weighted by atomic mass is 16.4. The van der Waals surface area contributed by atoms with E-state index in [0.29, 0.717) is 22.8 Å². The number of nitrogens with zero attached hydrogens (tertiary/aromatic N) is 1. The van der Waals surface area contributed by atoms with Crippen molar-refractivity contribution in [3.05, 3.63) is 83.1 Å². The summed E-state index contributed by atoms with van der Waals surface area (Å²) in [6, 6.07) is 18.5. The second-order valence-electron chi connectivity index (χ2n) is 6.01. The quantitative estimate of drug-likeness (QED) is 0.548. The third-order valence-corrected chi connectivity index (χ3v) is 4.05. The van der Waals surface area contributed by atoms with Gasteiger partial charge in [0.1, 0.15) is 23.2 Å². The summed E-state index contributed by atoms with van der Waals surface area (Å²) in [7, 11) is 0. The van der Waals surface area contributed by atoms with Crippen molar-refractivity contribution in [1.29, 1.82) is 5.26 Å². The van der Waals surface area contributed by atoms with Crippen molar-refractivity contribution >= 4 is 23.6 Å². The summed E-state index contributed by atoms with van der Waals surface area (Å²) < 4.78 is 5.64. The van der Waals surface area contributed by atoms with E-state index in [2.05, 4.69) is 5.32 Å². The van der Waals surface area contributed by atoms with E-state index in [1.54, 1.807) is 36.4 Å². The fourth-order valence-corrected chi connectivity index (χ4v) is 2.58. The number of para-hydroxylation sites is 1. The zero-order valence-electron chi connectivity index (χ0n) is 14.9. The van der Waals surface area contributed by atoms with Crippen molar-refractivity contribution in [2.75, 3.05) is 5.32 Å². The molecule has 3 rings (SSSR count). The predicted octanol–water partition coefficient (Wildman–Crippen LogP) is 3.16. The number of carboxylic acid groups (broad SMARTS) is 1. The van der Waals surface area contributed by atoms with E-state index >= 15 is 0 Å². The lowest BCUT2D eigenvalue weighted by atomic mass is 10.1. The molecule has 0 fully saturated rings. The van der Waals surface area contributed by atoms with Gasteiger partial charge in [0.05, 0.1) is 5.97 Å². The number of anilines is 1. The SMILES string of the molecule is Cc1ccccc1NC(=O)/C(C#N)=C/c1ccc(-c2cccc(C(=O)[O-])c2)o1. The van der Waals surface area contributed by atoms with Gasteiger partial charge < -0.3 is 19.6 Å². The van der Waals surface area contributed by atoms with E-state index in [9.17, 15) is 20.0 Å². The number of furan rings is 1. The normalized spacial score (nSPS) is 10.9. The largest absolute Gasteiger partial charge is 0.545 e. The van der Waals surface area contributed by atoms with E-state index < -0.39 is 11.9 Å². The number of amides is 1. The summed E-state index contributed by atoms with van der Waals surface area (Å²) >= 11 is 0. The molecule has 1 aromatic heterocycles. The van der Waals surface area contributed by atoms with Gasteiger partial charge in [-0.25, -0.2) is 0 Å². The molecule has 0 radical (unpaired) electrons. The zero-order valence-corrected chi connectivity index (χ0v) is 14.9. The smallest absolute Gasteiger partial charge is 0.266 e. The number of carboxylic acids is 1. The number of benzene rings is 2. The highest BCUT2D eigenvalue weighted by Gasteiger charge is 2.12. The van der Waals surface area contributed by atoms with Crippen LogP contribution in [0.3, 0.4) is 0 Å². The van der Waals surface area contributed by atoms with E-state index in [1.807, 2.05) is 25.1 Å². The van der Waals surface area contributed by atoms with Gasteiger partial charge in [-0.1, -0.05) is 36.4 Å². The Labute approximate surface area is 161 Å². The summed E-state index contributed by atoms with van der Waals surface area (Å²) in [4.78, 5) is 23.4. The van der Waals surface area contributed by atoms with Crippen LogP contribution in [0.25, 0.3) is 17.4 Å². The first-order chi connectivity index (χ1) is 13.5. The van der Waals surface area contributed by atoms with Gasteiger partial charge in [-0.15, -0.1) is 0 Å². The summed E-state index contributed by atoms with van der Waals surface area (Å²) in [5, 5.41) is 23.0. The van der Waals surface area contributed by atoms with Gasteiger partial charge in [0.15, 0.2) is 0 Å². The van der Waals surface area contributed by atoms with Crippen LogP contribution in [0, 0.1) is 18.3 Å². The number of hydrogen-bond donors (Lipinski definition) is 1. The van der Waals surface area contributed by atoms with Crippen molar-refractivity contribution in [3.8, 4) is 17.4 Å². The van der Waals surface area contributed by atoms with E-state index in [0.717, 1.165) is 5.56 Å². The first-order valence-corrected chi connectivity index (χ1v) is 8.38. The predicted molar refractivity (Wildman–Crippen MR) is 102 cm³/mol. The standard InChI is InChI=1S/C22H16N2O4/c1-14-5-2-3-8-19(14)24-21(25)17(13-23)12-18-9-10-20(28-18)15-6-4-7-16(11-15)22(26)27/h2-12H,1H3,(H,24,25)(H,26,27)/p-1/b17-12+. The highest BCUT2D eigenvalue weighted by molar-refractivity contribution is 6.09. The van der Waals surface area contributed by atoms with E-state index in [-0.39, 0.29) is 11.1 Å². The van der Waals surface area contributed by atoms with Crippen molar-refractivity contribution in [1.82, 2.24) is 0 Å². The molecule has 0 aliphatic carbocycles. The van der Waals surface area contributed by atoms with Crippen molar-refractivity contribution in [2.45, 2.75) is 6.92 Å². The second-order valence-corrected chi connectivity index (χ2v) is 6.01. The molecule has 138 valence electrons. The Morgan fingerprint density at radius 1 is 1.11 bits per heavy atom. The van der Waals surface area contributed by atoms with Crippen LogP contribution < -0.4 is 10.4 Å². The van der Waals surface area contributed by atoms with Crippen LogP contribution >= 0.6 is 0 Å². The van der Waals surface area contributed by atoms with Crippen LogP contribution in [0.1, 0.15) is 21.7 Å². The first-order valence-electron chi connectivity index (χ1n) is 8.38. The fraction of sp³-hybridized carbons (Fsp3) is 0.0455. The lowest BCUT2D eigenvalue weighted by Gasteiger charge is -2.06.